The molecule has 1 aromatic rings. The number of nitro groups is 1. The van der Waals surface area contributed by atoms with Gasteiger partial charge in [0.2, 0.25) is 11.7 Å². The Morgan fingerprint density at radius 1 is 1.57 bits per heavy atom. The zero-order valence-corrected chi connectivity index (χ0v) is 11.5. The molecule has 0 aliphatic heterocycles. The van der Waals surface area contributed by atoms with Crippen LogP contribution in [0.4, 0.5) is 5.82 Å². The van der Waals surface area contributed by atoms with Gasteiger partial charge in [-0.15, -0.1) is 0 Å². The fraction of sp³-hybridized carbons (Fsp3) is 0.583. The van der Waals surface area contributed by atoms with E-state index in [4.69, 9.17) is 5.11 Å². The summed E-state index contributed by atoms with van der Waals surface area (Å²) < 4.78 is 1.38. The first-order chi connectivity index (χ1) is 9.81. The van der Waals surface area contributed by atoms with E-state index in [2.05, 4.69) is 10.3 Å². The highest BCUT2D eigenvalue weighted by Crippen LogP contribution is 2.34. The Morgan fingerprint density at radius 3 is 2.67 bits per heavy atom. The third-order valence-electron chi connectivity index (χ3n) is 3.67. The number of rotatable bonds is 6. The molecule has 0 radical (unpaired) electrons. The molecule has 0 unspecified atom stereocenters. The standard InChI is InChI=1S/C12H16N4O5/c1-8-13-9(16(20)21)6-15(8)7-10(17)14-12(3-2-4-12)5-11(18)19/h6H,2-5,7H2,1H3,(H,14,17)(H,18,19). The van der Waals surface area contributed by atoms with Gasteiger partial charge in [0.25, 0.3) is 0 Å². The molecule has 0 aromatic carbocycles. The number of amides is 1. The number of aryl methyl sites for hydroxylation is 1. The lowest BCUT2D eigenvalue weighted by Crippen LogP contribution is -2.55. The number of carbonyl (C=O) groups excluding carboxylic acids is 1. The second-order valence-electron chi connectivity index (χ2n) is 5.28. The summed E-state index contributed by atoms with van der Waals surface area (Å²) in [6.07, 6.45) is 3.23. The molecule has 21 heavy (non-hydrogen) atoms. The van der Waals surface area contributed by atoms with Crippen molar-refractivity contribution in [1.29, 1.82) is 0 Å². The Hall–Kier alpha value is -2.45. The lowest BCUT2D eigenvalue weighted by Gasteiger charge is -2.41. The van der Waals surface area contributed by atoms with Crippen molar-refractivity contribution in [3.8, 4) is 0 Å². The Bertz CT molecular complexity index is 590. The van der Waals surface area contributed by atoms with Crippen molar-refractivity contribution in [1.82, 2.24) is 14.9 Å². The molecule has 2 rings (SSSR count). The Balaban J connectivity index is 2.01. The molecule has 9 heteroatoms. The van der Waals surface area contributed by atoms with Crippen molar-refractivity contribution < 1.29 is 19.6 Å². The van der Waals surface area contributed by atoms with Crippen molar-refractivity contribution in [2.24, 2.45) is 0 Å². The molecule has 0 bridgehead atoms. The maximum atomic E-state index is 12.0. The highest BCUT2D eigenvalue weighted by Gasteiger charge is 2.40. The minimum absolute atomic E-state index is 0.109. The smallest absolute Gasteiger partial charge is 0.381 e. The first-order valence-corrected chi connectivity index (χ1v) is 6.52. The van der Waals surface area contributed by atoms with Gasteiger partial charge in [0, 0.05) is 6.92 Å². The average molecular weight is 296 g/mol. The third kappa shape index (κ3) is 3.36. The van der Waals surface area contributed by atoms with Gasteiger partial charge < -0.3 is 20.5 Å². The van der Waals surface area contributed by atoms with E-state index in [1.54, 1.807) is 6.92 Å². The minimum atomic E-state index is -0.954. The van der Waals surface area contributed by atoms with Crippen LogP contribution in [0.15, 0.2) is 6.20 Å². The van der Waals surface area contributed by atoms with Crippen LogP contribution >= 0.6 is 0 Å². The van der Waals surface area contributed by atoms with E-state index in [9.17, 15) is 19.7 Å². The normalized spacial score (nSPS) is 16.0. The molecule has 0 saturated heterocycles. The summed E-state index contributed by atoms with van der Waals surface area (Å²) in [6, 6.07) is 0. The van der Waals surface area contributed by atoms with Crippen LogP contribution in [0, 0.1) is 17.0 Å². The van der Waals surface area contributed by atoms with Gasteiger partial charge in [-0.3, -0.25) is 14.2 Å². The molecule has 0 spiro atoms. The minimum Gasteiger partial charge on any atom is -0.481 e. The predicted molar refractivity (Wildman–Crippen MR) is 70.6 cm³/mol. The maximum Gasteiger partial charge on any atom is 0.381 e. The number of hydrogen-bond acceptors (Lipinski definition) is 5. The number of nitrogens with one attached hydrogen (secondary N) is 1. The molecule has 2 N–H and O–H groups in total. The first kappa shape index (κ1) is 14.9. The van der Waals surface area contributed by atoms with Crippen LogP contribution in [0.25, 0.3) is 0 Å². The summed E-state index contributed by atoms with van der Waals surface area (Å²) in [5.41, 5.74) is -0.677. The van der Waals surface area contributed by atoms with Crippen molar-refractivity contribution in [2.45, 2.75) is 44.7 Å². The monoisotopic (exact) mass is 296 g/mol. The maximum absolute atomic E-state index is 12.0. The Kier molecular flexibility index (Phi) is 3.92. The summed E-state index contributed by atoms with van der Waals surface area (Å²) in [5, 5.41) is 22.2. The molecule has 9 nitrogen and oxygen atoms in total. The van der Waals surface area contributed by atoms with Gasteiger partial charge in [0.1, 0.15) is 12.7 Å². The van der Waals surface area contributed by atoms with Crippen molar-refractivity contribution >= 4 is 17.7 Å². The van der Waals surface area contributed by atoms with Gasteiger partial charge in [-0.05, 0) is 29.2 Å². The van der Waals surface area contributed by atoms with Crippen LogP contribution in [0.5, 0.6) is 0 Å². The van der Waals surface area contributed by atoms with Gasteiger partial charge in [0.15, 0.2) is 0 Å². The Morgan fingerprint density at radius 2 is 2.24 bits per heavy atom. The lowest BCUT2D eigenvalue weighted by molar-refractivity contribution is -0.389. The van der Waals surface area contributed by atoms with E-state index in [1.165, 1.54) is 10.8 Å². The fourth-order valence-corrected chi connectivity index (χ4v) is 2.47. The topological polar surface area (TPSA) is 127 Å². The largest absolute Gasteiger partial charge is 0.481 e. The summed E-state index contributed by atoms with van der Waals surface area (Å²) in [4.78, 5) is 36.6. The van der Waals surface area contributed by atoms with E-state index < -0.39 is 16.4 Å². The Labute approximate surface area is 120 Å². The number of carboxylic acid groups (broad SMARTS) is 1. The van der Waals surface area contributed by atoms with Crippen molar-refractivity contribution in [3.63, 3.8) is 0 Å². The highest BCUT2D eigenvalue weighted by molar-refractivity contribution is 5.78. The SMILES string of the molecule is Cc1nc([N+](=O)[O-])cn1CC(=O)NC1(CC(=O)O)CCC1. The number of nitrogens with zero attached hydrogens (tertiary/aromatic N) is 3. The fourth-order valence-electron chi connectivity index (χ4n) is 2.47. The summed E-state index contributed by atoms with van der Waals surface area (Å²) >= 11 is 0. The summed E-state index contributed by atoms with van der Waals surface area (Å²) in [6.45, 7) is 1.45. The summed E-state index contributed by atoms with van der Waals surface area (Å²) in [7, 11) is 0. The van der Waals surface area contributed by atoms with Gasteiger partial charge in [-0.1, -0.05) is 0 Å². The molecule has 1 saturated carbocycles. The molecule has 0 atom stereocenters. The number of aromatic nitrogens is 2. The second kappa shape index (κ2) is 5.51. The van der Waals surface area contributed by atoms with Gasteiger partial charge in [0.05, 0.1) is 12.0 Å². The van der Waals surface area contributed by atoms with Gasteiger partial charge in [-0.2, -0.15) is 0 Å². The zero-order chi connectivity index (χ0) is 15.6. The number of carboxylic acids is 1. The van der Waals surface area contributed by atoms with E-state index in [1.807, 2.05) is 0 Å². The van der Waals surface area contributed by atoms with Crippen LogP contribution in [-0.2, 0) is 16.1 Å². The number of carbonyl (C=O) groups is 2. The first-order valence-electron chi connectivity index (χ1n) is 6.52. The van der Waals surface area contributed by atoms with Crippen LogP contribution in [-0.4, -0.2) is 37.0 Å². The second-order valence-corrected chi connectivity index (χ2v) is 5.28. The van der Waals surface area contributed by atoms with Crippen molar-refractivity contribution in [3.05, 3.63) is 22.1 Å². The molecular formula is C12H16N4O5. The average Bonchev–Trinajstić information content (AvgIpc) is 2.67. The van der Waals surface area contributed by atoms with Crippen LogP contribution < -0.4 is 5.32 Å². The van der Waals surface area contributed by atoms with E-state index in [0.29, 0.717) is 18.7 Å². The lowest BCUT2D eigenvalue weighted by atomic mass is 9.74. The highest BCUT2D eigenvalue weighted by atomic mass is 16.6. The third-order valence-corrected chi connectivity index (χ3v) is 3.67. The molecule has 1 heterocycles. The summed E-state index contributed by atoms with van der Waals surface area (Å²) in [5.74, 6) is -1.28. The number of hydrogen-bond donors (Lipinski definition) is 2. The van der Waals surface area contributed by atoms with E-state index >= 15 is 0 Å². The van der Waals surface area contributed by atoms with Gasteiger partial charge >= 0.3 is 11.8 Å². The molecule has 1 fully saturated rings. The van der Waals surface area contributed by atoms with Gasteiger partial charge in [-0.25, -0.2) is 0 Å². The van der Waals surface area contributed by atoms with E-state index in [-0.39, 0.29) is 24.7 Å². The van der Waals surface area contributed by atoms with Crippen molar-refractivity contribution in [2.75, 3.05) is 0 Å². The van der Waals surface area contributed by atoms with Crippen LogP contribution in [0.3, 0.4) is 0 Å². The molecular weight excluding hydrogens is 280 g/mol. The molecule has 1 aliphatic rings. The van der Waals surface area contributed by atoms with E-state index in [0.717, 1.165) is 6.42 Å². The molecule has 1 aliphatic carbocycles. The molecule has 1 amide bonds. The molecule has 1 aromatic heterocycles. The molecule has 114 valence electrons. The predicted octanol–water partition coefficient (Wildman–Crippen LogP) is 0.613. The quantitative estimate of drug-likeness (QED) is 0.585. The zero-order valence-electron chi connectivity index (χ0n) is 11.5. The van der Waals surface area contributed by atoms with Crippen LogP contribution in [0.1, 0.15) is 31.5 Å². The number of aliphatic carboxylic acids is 1. The van der Waals surface area contributed by atoms with Crippen LogP contribution in [0.2, 0.25) is 0 Å². The number of imidazole rings is 1.